The molecule has 0 aromatic heterocycles. The predicted molar refractivity (Wildman–Crippen MR) is 114 cm³/mol. The van der Waals surface area contributed by atoms with Crippen LogP contribution in [-0.4, -0.2) is 73.4 Å². The number of ether oxygens (including phenoxy) is 1. The lowest BCUT2D eigenvalue weighted by Gasteiger charge is -2.42. The van der Waals surface area contributed by atoms with Gasteiger partial charge in [0, 0.05) is 63.3 Å². The van der Waals surface area contributed by atoms with Gasteiger partial charge in [0.2, 0.25) is 0 Å². The molecule has 6 heteroatoms. The van der Waals surface area contributed by atoms with Gasteiger partial charge in [0.25, 0.3) is 5.91 Å². The van der Waals surface area contributed by atoms with Crippen molar-refractivity contribution in [3.63, 3.8) is 0 Å². The van der Waals surface area contributed by atoms with E-state index in [0.717, 1.165) is 35.8 Å². The van der Waals surface area contributed by atoms with E-state index in [9.17, 15) is 4.79 Å². The number of fused-ring (bicyclic) bond motifs is 1. The summed E-state index contributed by atoms with van der Waals surface area (Å²) in [6.45, 7) is 3.71. The third kappa shape index (κ3) is 4.82. The number of thiol groups is 1. The molecular weight excluding hydrogens is 358 g/mol. The fourth-order valence-electron chi connectivity index (χ4n) is 3.79. The molecule has 1 saturated heterocycles. The quantitative estimate of drug-likeness (QED) is 0.716. The highest BCUT2D eigenvalue weighted by atomic mass is 32.1. The summed E-state index contributed by atoms with van der Waals surface area (Å²) >= 11 is 4.31. The zero-order valence-electron chi connectivity index (χ0n) is 15.9. The lowest BCUT2D eigenvalue weighted by Crippen LogP contribution is -2.57. The Hall–Kier alpha value is -1.60. The number of rotatable bonds is 7. The highest BCUT2D eigenvalue weighted by molar-refractivity contribution is 7.80. The number of hydrogen-bond acceptors (Lipinski definition) is 5. The predicted octanol–water partition coefficient (Wildman–Crippen LogP) is 2.26. The van der Waals surface area contributed by atoms with Crippen molar-refractivity contribution in [3.05, 3.63) is 48.0 Å². The monoisotopic (exact) mass is 387 g/mol. The molecule has 1 heterocycles. The number of hydrogen-bond donors (Lipinski definition) is 2. The molecule has 2 N–H and O–H groups in total. The highest BCUT2D eigenvalue weighted by Gasteiger charge is 2.30. The van der Waals surface area contributed by atoms with Crippen molar-refractivity contribution in [1.82, 2.24) is 9.80 Å². The molecule has 2 atom stereocenters. The molecule has 1 aliphatic rings. The molecule has 1 fully saturated rings. The topological polar surface area (TPSA) is 58.8 Å². The van der Waals surface area contributed by atoms with E-state index in [-0.39, 0.29) is 18.0 Å². The Morgan fingerprint density at radius 1 is 1.26 bits per heavy atom. The van der Waals surface area contributed by atoms with Gasteiger partial charge >= 0.3 is 0 Å². The largest absolute Gasteiger partial charge is 0.385 e. The fourth-order valence-corrected chi connectivity index (χ4v) is 3.90. The molecule has 5 nitrogen and oxygen atoms in total. The van der Waals surface area contributed by atoms with Crippen LogP contribution in [0.25, 0.3) is 10.8 Å². The minimum absolute atomic E-state index is 0.0405. The molecule has 0 unspecified atom stereocenters. The molecule has 3 rings (SSSR count). The second-order valence-corrected chi connectivity index (χ2v) is 7.52. The van der Waals surface area contributed by atoms with Crippen molar-refractivity contribution in [2.24, 2.45) is 5.73 Å². The lowest BCUT2D eigenvalue weighted by molar-refractivity contribution is 0.0384. The third-order valence-electron chi connectivity index (χ3n) is 5.27. The van der Waals surface area contributed by atoms with E-state index in [2.05, 4.69) is 17.5 Å². The smallest absolute Gasteiger partial charge is 0.254 e. The number of nitrogens with two attached hydrogens (primary N) is 1. The molecule has 0 radical (unpaired) electrons. The number of benzene rings is 2. The van der Waals surface area contributed by atoms with E-state index in [1.807, 2.05) is 47.4 Å². The summed E-state index contributed by atoms with van der Waals surface area (Å²) < 4.78 is 5.29. The minimum Gasteiger partial charge on any atom is -0.385 e. The van der Waals surface area contributed by atoms with Crippen LogP contribution in [0.5, 0.6) is 0 Å². The normalized spacial score (nSPS) is 19.4. The maximum Gasteiger partial charge on any atom is 0.254 e. The standard InChI is InChI=1S/C21H29N3O2S/c1-26-12-9-18-14-24(11-10-23(18)13-17(22)15-27)21(25)20-8-4-6-16-5-2-3-7-19(16)20/h2-8,17-18,27H,9-15,22H2,1H3/t17-,18+/m0/s1. The Labute approximate surface area is 166 Å². The molecular formula is C21H29N3O2S. The maximum absolute atomic E-state index is 13.3. The summed E-state index contributed by atoms with van der Waals surface area (Å²) in [5.41, 5.74) is 6.89. The Bertz CT molecular complexity index is 765. The van der Waals surface area contributed by atoms with Gasteiger partial charge in [-0.25, -0.2) is 0 Å². The van der Waals surface area contributed by atoms with Crippen molar-refractivity contribution in [3.8, 4) is 0 Å². The second-order valence-electron chi connectivity index (χ2n) is 7.15. The van der Waals surface area contributed by atoms with Crippen LogP contribution in [-0.2, 0) is 4.74 Å². The SMILES string of the molecule is COCC[C@@H]1CN(C(=O)c2cccc3ccccc23)CCN1C[C@H](N)CS. The van der Waals surface area contributed by atoms with Gasteiger partial charge < -0.3 is 15.4 Å². The first-order chi connectivity index (χ1) is 13.1. The van der Waals surface area contributed by atoms with E-state index >= 15 is 0 Å². The molecule has 1 amide bonds. The Kier molecular flexibility index (Phi) is 7.13. The van der Waals surface area contributed by atoms with Crippen LogP contribution >= 0.6 is 12.6 Å². The summed E-state index contributed by atoms with van der Waals surface area (Å²) in [5, 5.41) is 2.11. The third-order valence-corrected chi connectivity index (χ3v) is 5.74. The summed E-state index contributed by atoms with van der Waals surface area (Å²) in [5.74, 6) is 0.763. The summed E-state index contributed by atoms with van der Waals surface area (Å²) in [6, 6.07) is 14.3. The lowest BCUT2D eigenvalue weighted by atomic mass is 10.0. The van der Waals surface area contributed by atoms with Gasteiger partial charge in [-0.2, -0.15) is 12.6 Å². The van der Waals surface area contributed by atoms with Crippen LogP contribution in [0.3, 0.4) is 0 Å². The summed E-state index contributed by atoms with van der Waals surface area (Å²) in [6.07, 6.45) is 0.884. The molecule has 0 spiro atoms. The minimum atomic E-state index is 0.0405. The number of carbonyl (C=O) groups is 1. The molecule has 1 aliphatic heterocycles. The number of nitrogens with zero attached hydrogens (tertiary/aromatic N) is 2. The first kappa shape index (κ1) is 20.1. The van der Waals surface area contributed by atoms with Gasteiger partial charge in [0.15, 0.2) is 0 Å². The maximum atomic E-state index is 13.3. The fraction of sp³-hybridized carbons (Fsp3) is 0.476. The average Bonchev–Trinajstić information content (AvgIpc) is 2.71. The Balaban J connectivity index is 1.77. The summed E-state index contributed by atoms with van der Waals surface area (Å²) in [7, 11) is 1.71. The Morgan fingerprint density at radius 3 is 2.81 bits per heavy atom. The van der Waals surface area contributed by atoms with Crippen LogP contribution in [0, 0.1) is 0 Å². The number of methoxy groups -OCH3 is 1. The van der Waals surface area contributed by atoms with E-state index in [0.29, 0.717) is 25.4 Å². The molecule has 146 valence electrons. The van der Waals surface area contributed by atoms with Crippen LogP contribution in [0.1, 0.15) is 16.8 Å². The number of piperazine rings is 1. The number of carbonyl (C=O) groups excluding carboxylic acids is 1. The molecule has 0 aliphatic carbocycles. The molecule has 2 aromatic rings. The van der Waals surface area contributed by atoms with Crippen LogP contribution < -0.4 is 5.73 Å². The first-order valence-corrected chi connectivity index (χ1v) is 10.1. The molecule has 0 saturated carbocycles. The van der Waals surface area contributed by atoms with Crippen molar-refractivity contribution < 1.29 is 9.53 Å². The van der Waals surface area contributed by atoms with Gasteiger partial charge in [-0.1, -0.05) is 36.4 Å². The van der Waals surface area contributed by atoms with Crippen molar-refractivity contribution in [1.29, 1.82) is 0 Å². The van der Waals surface area contributed by atoms with Gasteiger partial charge in [-0.05, 0) is 23.3 Å². The average molecular weight is 388 g/mol. The van der Waals surface area contributed by atoms with Crippen molar-refractivity contribution >= 4 is 29.3 Å². The zero-order chi connectivity index (χ0) is 19.2. The van der Waals surface area contributed by atoms with E-state index < -0.39 is 0 Å². The van der Waals surface area contributed by atoms with Crippen LogP contribution in [0.15, 0.2) is 42.5 Å². The van der Waals surface area contributed by atoms with E-state index in [1.54, 1.807) is 7.11 Å². The van der Waals surface area contributed by atoms with Gasteiger partial charge in [-0.15, -0.1) is 0 Å². The van der Waals surface area contributed by atoms with Gasteiger partial charge in [0.05, 0.1) is 0 Å². The van der Waals surface area contributed by atoms with Crippen molar-refractivity contribution in [2.45, 2.75) is 18.5 Å². The molecule has 27 heavy (non-hydrogen) atoms. The van der Waals surface area contributed by atoms with Gasteiger partial charge in [-0.3, -0.25) is 9.69 Å². The second kappa shape index (κ2) is 9.55. The van der Waals surface area contributed by atoms with Crippen LogP contribution in [0.4, 0.5) is 0 Å². The van der Waals surface area contributed by atoms with Crippen LogP contribution in [0.2, 0.25) is 0 Å². The highest BCUT2D eigenvalue weighted by Crippen LogP contribution is 2.22. The van der Waals surface area contributed by atoms with Gasteiger partial charge in [0.1, 0.15) is 0 Å². The van der Waals surface area contributed by atoms with E-state index in [4.69, 9.17) is 10.5 Å². The number of amides is 1. The summed E-state index contributed by atoms with van der Waals surface area (Å²) in [4.78, 5) is 17.6. The first-order valence-electron chi connectivity index (χ1n) is 9.50. The zero-order valence-corrected chi connectivity index (χ0v) is 16.8. The Morgan fingerprint density at radius 2 is 2.04 bits per heavy atom. The van der Waals surface area contributed by atoms with E-state index in [1.165, 1.54) is 0 Å². The molecule has 2 aromatic carbocycles. The molecule has 0 bridgehead atoms. The van der Waals surface area contributed by atoms with Crippen molar-refractivity contribution in [2.75, 3.05) is 45.6 Å².